The first kappa shape index (κ1) is 15.9. The molecular weight excluding hydrogens is 306 g/mol. The van der Waals surface area contributed by atoms with E-state index in [-0.39, 0.29) is 0 Å². The van der Waals surface area contributed by atoms with Crippen molar-refractivity contribution in [1.29, 1.82) is 0 Å². The molecule has 1 N–H and O–H groups in total. The summed E-state index contributed by atoms with van der Waals surface area (Å²) in [5, 5.41) is 4.11. The summed E-state index contributed by atoms with van der Waals surface area (Å²) in [6.45, 7) is 3.88. The third kappa shape index (κ3) is 4.72. The van der Waals surface area contributed by atoms with Crippen LogP contribution in [-0.4, -0.2) is 29.5 Å². The molecule has 1 aliphatic rings. The predicted molar refractivity (Wildman–Crippen MR) is 95.6 cm³/mol. The summed E-state index contributed by atoms with van der Waals surface area (Å²) >= 11 is 5.91. The monoisotopic (exact) mass is 325 g/mol. The second-order valence-corrected chi connectivity index (χ2v) is 6.10. The standard InChI is InChI=1S/C19H20ClN3/c20-18-9-7-16(8-10-18)15-22-19-17(5-3-11-21-19)6-4-14-23-12-1-2-13-23/h3,5,7-11H,1-2,12-15H2,(H,21,22). The Bertz CT molecular complexity index is 695. The van der Waals surface area contributed by atoms with Crippen LogP contribution in [0.25, 0.3) is 0 Å². The number of rotatable bonds is 4. The van der Waals surface area contributed by atoms with Crippen molar-refractivity contribution in [2.45, 2.75) is 19.4 Å². The highest BCUT2D eigenvalue weighted by Crippen LogP contribution is 2.14. The summed E-state index contributed by atoms with van der Waals surface area (Å²) in [5.41, 5.74) is 2.11. The first-order valence-corrected chi connectivity index (χ1v) is 8.33. The van der Waals surface area contributed by atoms with E-state index in [0.29, 0.717) is 6.54 Å². The van der Waals surface area contributed by atoms with Gasteiger partial charge in [-0.25, -0.2) is 4.98 Å². The number of likely N-dealkylation sites (tertiary alicyclic amines) is 1. The van der Waals surface area contributed by atoms with Gasteiger partial charge in [0.05, 0.1) is 12.1 Å². The number of anilines is 1. The molecule has 3 nitrogen and oxygen atoms in total. The Balaban J connectivity index is 1.63. The van der Waals surface area contributed by atoms with E-state index in [1.807, 2.05) is 36.4 Å². The predicted octanol–water partition coefficient (Wildman–Crippen LogP) is 3.79. The highest BCUT2D eigenvalue weighted by molar-refractivity contribution is 6.30. The van der Waals surface area contributed by atoms with Crippen molar-refractivity contribution in [2.75, 3.05) is 25.0 Å². The summed E-state index contributed by atoms with van der Waals surface area (Å²) in [4.78, 5) is 6.80. The number of halogens is 1. The first-order chi connectivity index (χ1) is 11.3. The van der Waals surface area contributed by atoms with Crippen molar-refractivity contribution in [3.63, 3.8) is 0 Å². The van der Waals surface area contributed by atoms with Crippen LogP contribution in [0.3, 0.4) is 0 Å². The highest BCUT2D eigenvalue weighted by atomic mass is 35.5. The average Bonchev–Trinajstić information content (AvgIpc) is 3.09. The topological polar surface area (TPSA) is 28.2 Å². The lowest BCUT2D eigenvalue weighted by molar-refractivity contribution is 0.383. The van der Waals surface area contributed by atoms with E-state index in [4.69, 9.17) is 11.6 Å². The lowest BCUT2D eigenvalue weighted by atomic mass is 10.2. The number of nitrogens with zero attached hydrogens (tertiary/aromatic N) is 2. The van der Waals surface area contributed by atoms with Gasteiger partial charge in [0.25, 0.3) is 0 Å². The van der Waals surface area contributed by atoms with E-state index in [1.54, 1.807) is 6.20 Å². The van der Waals surface area contributed by atoms with E-state index < -0.39 is 0 Å². The Labute approximate surface area is 142 Å². The van der Waals surface area contributed by atoms with E-state index in [9.17, 15) is 0 Å². The van der Waals surface area contributed by atoms with Crippen molar-refractivity contribution >= 4 is 17.4 Å². The lowest BCUT2D eigenvalue weighted by Crippen LogP contribution is -2.19. The van der Waals surface area contributed by atoms with Crippen LogP contribution < -0.4 is 5.32 Å². The summed E-state index contributed by atoms with van der Waals surface area (Å²) in [5.74, 6) is 7.35. The Morgan fingerprint density at radius 3 is 2.70 bits per heavy atom. The molecule has 1 saturated heterocycles. The molecule has 2 heterocycles. The fraction of sp³-hybridized carbons (Fsp3) is 0.316. The third-order valence-corrected chi connectivity index (χ3v) is 4.16. The molecule has 2 aromatic rings. The molecule has 0 radical (unpaired) electrons. The molecule has 23 heavy (non-hydrogen) atoms. The summed E-state index contributed by atoms with van der Waals surface area (Å²) in [7, 11) is 0. The van der Waals surface area contributed by atoms with E-state index >= 15 is 0 Å². The van der Waals surface area contributed by atoms with Gasteiger partial charge in [-0.3, -0.25) is 4.90 Å². The summed E-state index contributed by atoms with van der Waals surface area (Å²) in [6, 6.07) is 11.7. The molecule has 0 amide bonds. The fourth-order valence-corrected chi connectivity index (χ4v) is 2.75. The SMILES string of the molecule is Clc1ccc(CNc2ncccc2C#CCN2CCCC2)cc1. The molecular formula is C19H20ClN3. The normalized spacial score (nSPS) is 14.3. The van der Waals surface area contributed by atoms with Crippen molar-refractivity contribution < 1.29 is 0 Å². The maximum absolute atomic E-state index is 5.91. The zero-order valence-corrected chi connectivity index (χ0v) is 13.8. The minimum Gasteiger partial charge on any atom is -0.365 e. The Morgan fingerprint density at radius 1 is 1.13 bits per heavy atom. The second-order valence-electron chi connectivity index (χ2n) is 5.66. The molecule has 4 heteroatoms. The average molecular weight is 326 g/mol. The molecule has 0 bridgehead atoms. The highest BCUT2D eigenvalue weighted by Gasteiger charge is 2.09. The van der Waals surface area contributed by atoms with Gasteiger partial charge in [-0.05, 0) is 55.8 Å². The van der Waals surface area contributed by atoms with Gasteiger partial charge in [0.1, 0.15) is 5.82 Å². The molecule has 1 aliphatic heterocycles. The number of aromatic nitrogens is 1. The number of benzene rings is 1. The van der Waals surface area contributed by atoms with Crippen LogP contribution in [0.15, 0.2) is 42.6 Å². The van der Waals surface area contributed by atoms with E-state index in [0.717, 1.165) is 28.5 Å². The molecule has 118 valence electrons. The number of hydrogen-bond acceptors (Lipinski definition) is 3. The number of hydrogen-bond donors (Lipinski definition) is 1. The maximum atomic E-state index is 5.91. The molecule has 1 aromatic carbocycles. The van der Waals surface area contributed by atoms with Gasteiger partial charge >= 0.3 is 0 Å². The Kier molecular flexibility index (Phi) is 5.52. The summed E-state index contributed by atoms with van der Waals surface area (Å²) < 4.78 is 0. The quantitative estimate of drug-likeness (QED) is 0.867. The maximum Gasteiger partial charge on any atom is 0.141 e. The zero-order chi connectivity index (χ0) is 15.9. The van der Waals surface area contributed by atoms with Gasteiger partial charge < -0.3 is 5.32 Å². The Morgan fingerprint density at radius 2 is 1.91 bits per heavy atom. The molecule has 0 atom stereocenters. The van der Waals surface area contributed by atoms with Gasteiger partial charge in [0.15, 0.2) is 0 Å². The second kappa shape index (κ2) is 8.01. The fourth-order valence-electron chi connectivity index (χ4n) is 2.62. The van der Waals surface area contributed by atoms with Crippen molar-refractivity contribution in [3.8, 4) is 11.8 Å². The van der Waals surface area contributed by atoms with Crippen LogP contribution in [0, 0.1) is 11.8 Å². The van der Waals surface area contributed by atoms with Gasteiger partial charge in [-0.2, -0.15) is 0 Å². The van der Waals surface area contributed by atoms with Crippen LogP contribution in [0.5, 0.6) is 0 Å². The number of pyridine rings is 1. The minimum atomic E-state index is 0.703. The zero-order valence-electron chi connectivity index (χ0n) is 13.1. The van der Waals surface area contributed by atoms with E-state index in [1.165, 1.54) is 25.9 Å². The molecule has 0 aliphatic carbocycles. The van der Waals surface area contributed by atoms with Crippen LogP contribution in [0.1, 0.15) is 24.0 Å². The van der Waals surface area contributed by atoms with Gasteiger partial charge in [0.2, 0.25) is 0 Å². The molecule has 0 spiro atoms. The molecule has 0 saturated carbocycles. The lowest BCUT2D eigenvalue weighted by Gasteiger charge is -2.09. The van der Waals surface area contributed by atoms with Crippen molar-refractivity contribution in [1.82, 2.24) is 9.88 Å². The van der Waals surface area contributed by atoms with Crippen molar-refractivity contribution in [3.05, 3.63) is 58.7 Å². The largest absolute Gasteiger partial charge is 0.365 e. The van der Waals surface area contributed by atoms with E-state index in [2.05, 4.69) is 27.0 Å². The summed E-state index contributed by atoms with van der Waals surface area (Å²) in [6.07, 6.45) is 4.38. The molecule has 0 unspecified atom stereocenters. The molecule has 1 aromatic heterocycles. The van der Waals surface area contributed by atoms with Gasteiger partial charge in [0, 0.05) is 17.8 Å². The third-order valence-electron chi connectivity index (χ3n) is 3.91. The van der Waals surface area contributed by atoms with Crippen LogP contribution in [-0.2, 0) is 6.54 Å². The number of nitrogens with one attached hydrogen (secondary N) is 1. The molecule has 1 fully saturated rings. The van der Waals surface area contributed by atoms with Gasteiger partial charge in [-0.1, -0.05) is 35.6 Å². The Hall–Kier alpha value is -2.02. The first-order valence-electron chi connectivity index (χ1n) is 7.96. The van der Waals surface area contributed by atoms with Crippen LogP contribution in [0.4, 0.5) is 5.82 Å². The minimum absolute atomic E-state index is 0.703. The van der Waals surface area contributed by atoms with Crippen LogP contribution in [0.2, 0.25) is 5.02 Å². The smallest absolute Gasteiger partial charge is 0.141 e. The van der Waals surface area contributed by atoms with Crippen LogP contribution >= 0.6 is 11.6 Å². The van der Waals surface area contributed by atoms with Gasteiger partial charge in [-0.15, -0.1) is 0 Å². The van der Waals surface area contributed by atoms with Crippen molar-refractivity contribution in [2.24, 2.45) is 0 Å². The molecule has 3 rings (SSSR count).